The molecule has 2 aromatic carbocycles. The molecule has 2 bridgehead atoms. The van der Waals surface area contributed by atoms with Gasteiger partial charge >= 0.3 is 0 Å². The van der Waals surface area contributed by atoms with Gasteiger partial charge in [0.25, 0.3) is 0 Å². The van der Waals surface area contributed by atoms with E-state index >= 15 is 0 Å². The largest absolute Gasteiger partial charge is 0.365 e. The zero-order valence-corrected chi connectivity index (χ0v) is 14.1. The molecule has 2 aliphatic rings. The number of rotatable bonds is 4. The number of benzene rings is 2. The van der Waals surface area contributed by atoms with E-state index in [1.54, 1.807) is 12.1 Å². The maximum atomic E-state index is 13.7. The van der Waals surface area contributed by atoms with Crippen molar-refractivity contribution in [1.29, 1.82) is 0 Å². The number of halogens is 1. The smallest absolute Gasteiger partial charge is 0.123 e. The molecular formula is C21H24FNO. The number of hydrogen-bond acceptors (Lipinski definition) is 2. The Morgan fingerprint density at radius 3 is 2.29 bits per heavy atom. The van der Waals surface area contributed by atoms with Crippen LogP contribution in [0.15, 0.2) is 54.6 Å². The lowest BCUT2D eigenvalue weighted by atomic mass is 9.97. The van der Waals surface area contributed by atoms with Crippen LogP contribution in [0.2, 0.25) is 0 Å². The quantitative estimate of drug-likeness (QED) is 0.817. The Bertz CT molecular complexity index is 675. The van der Waals surface area contributed by atoms with E-state index in [0.717, 1.165) is 24.0 Å². The fourth-order valence-corrected chi connectivity index (χ4v) is 4.31. The second-order valence-corrected chi connectivity index (χ2v) is 7.13. The van der Waals surface area contributed by atoms with E-state index in [9.17, 15) is 4.39 Å². The van der Waals surface area contributed by atoms with E-state index in [0.29, 0.717) is 12.1 Å². The Morgan fingerprint density at radius 2 is 1.62 bits per heavy atom. The highest BCUT2D eigenvalue weighted by atomic mass is 19.1. The minimum absolute atomic E-state index is 0.199. The molecule has 2 saturated heterocycles. The topological polar surface area (TPSA) is 12.5 Å². The molecule has 2 fully saturated rings. The van der Waals surface area contributed by atoms with Crippen molar-refractivity contribution in [2.45, 2.75) is 50.0 Å². The lowest BCUT2D eigenvalue weighted by Gasteiger charge is -2.38. The summed E-state index contributed by atoms with van der Waals surface area (Å²) < 4.78 is 20.3. The lowest BCUT2D eigenvalue weighted by molar-refractivity contribution is -0.0427. The third-order valence-corrected chi connectivity index (χ3v) is 5.64. The molecule has 0 amide bonds. The summed E-state index contributed by atoms with van der Waals surface area (Å²) in [6.07, 6.45) is 4.74. The minimum atomic E-state index is -0.208. The highest BCUT2D eigenvalue weighted by Crippen LogP contribution is 2.38. The van der Waals surface area contributed by atoms with Crippen LogP contribution >= 0.6 is 0 Å². The summed E-state index contributed by atoms with van der Waals surface area (Å²) in [4.78, 5) is 2.51. The maximum Gasteiger partial charge on any atom is 0.123 e. The molecule has 3 unspecified atom stereocenters. The van der Waals surface area contributed by atoms with Crippen LogP contribution in [0, 0.1) is 5.82 Å². The minimum Gasteiger partial charge on any atom is -0.365 e. The number of ether oxygens (including phenoxy) is 1. The van der Waals surface area contributed by atoms with Crippen LogP contribution in [0.5, 0.6) is 0 Å². The molecule has 0 saturated carbocycles. The highest BCUT2D eigenvalue weighted by molar-refractivity contribution is 5.30. The first-order valence-electron chi connectivity index (χ1n) is 8.88. The standard InChI is InChI=1S/C21H24FNO/c1-23-18-10-11-19(23)14-20(13-18)24-21(15-6-3-2-4-7-15)16-8-5-9-17(22)12-16/h2-9,12,18-21H,10-11,13-14H2,1H3. The molecule has 0 radical (unpaired) electrons. The van der Waals surface area contributed by atoms with Gasteiger partial charge in [-0.3, -0.25) is 0 Å². The van der Waals surface area contributed by atoms with Crippen LogP contribution in [-0.4, -0.2) is 30.1 Å². The highest BCUT2D eigenvalue weighted by Gasteiger charge is 2.39. The first-order valence-corrected chi connectivity index (χ1v) is 8.88. The van der Waals surface area contributed by atoms with Gasteiger partial charge in [0.1, 0.15) is 11.9 Å². The van der Waals surface area contributed by atoms with Crippen LogP contribution in [0.25, 0.3) is 0 Å². The van der Waals surface area contributed by atoms with Gasteiger partial charge in [-0.25, -0.2) is 4.39 Å². The van der Waals surface area contributed by atoms with Gasteiger partial charge in [-0.05, 0) is 56.0 Å². The molecule has 0 aromatic heterocycles. The summed E-state index contributed by atoms with van der Waals surface area (Å²) >= 11 is 0. The van der Waals surface area contributed by atoms with Gasteiger partial charge in [0.2, 0.25) is 0 Å². The van der Waals surface area contributed by atoms with Gasteiger partial charge < -0.3 is 9.64 Å². The SMILES string of the molecule is CN1C2CCC1CC(OC(c1ccccc1)c1cccc(F)c1)C2. The van der Waals surface area contributed by atoms with Crippen molar-refractivity contribution in [1.82, 2.24) is 4.90 Å². The van der Waals surface area contributed by atoms with Gasteiger partial charge in [0.05, 0.1) is 6.10 Å². The van der Waals surface area contributed by atoms with Gasteiger partial charge in [-0.2, -0.15) is 0 Å². The molecule has 126 valence electrons. The molecule has 4 rings (SSSR count). The van der Waals surface area contributed by atoms with E-state index < -0.39 is 0 Å². The van der Waals surface area contributed by atoms with Gasteiger partial charge in [0, 0.05) is 12.1 Å². The summed E-state index contributed by atoms with van der Waals surface area (Å²) in [6, 6.07) is 18.3. The Hall–Kier alpha value is -1.71. The van der Waals surface area contributed by atoms with Crippen LogP contribution < -0.4 is 0 Å². The third-order valence-electron chi connectivity index (χ3n) is 5.64. The third kappa shape index (κ3) is 3.11. The normalized spacial score (nSPS) is 28.0. The molecular weight excluding hydrogens is 301 g/mol. The fraction of sp³-hybridized carbons (Fsp3) is 0.429. The zero-order chi connectivity index (χ0) is 16.5. The second-order valence-electron chi connectivity index (χ2n) is 7.13. The van der Waals surface area contributed by atoms with Crippen LogP contribution in [0.4, 0.5) is 4.39 Å². The molecule has 2 aliphatic heterocycles. The van der Waals surface area contributed by atoms with Gasteiger partial charge in [0.15, 0.2) is 0 Å². The first kappa shape index (κ1) is 15.8. The van der Waals surface area contributed by atoms with Crippen molar-refractivity contribution in [3.05, 3.63) is 71.5 Å². The molecule has 2 aromatic rings. The number of fused-ring (bicyclic) bond motifs is 2. The molecule has 3 atom stereocenters. The Balaban J connectivity index is 1.59. The summed E-state index contributed by atoms with van der Waals surface area (Å²) in [5.41, 5.74) is 1.99. The van der Waals surface area contributed by atoms with Crippen molar-refractivity contribution < 1.29 is 9.13 Å². The first-order chi connectivity index (χ1) is 11.7. The van der Waals surface area contributed by atoms with Crippen LogP contribution in [0.3, 0.4) is 0 Å². The Kier molecular flexibility index (Phi) is 4.38. The molecule has 0 N–H and O–H groups in total. The average Bonchev–Trinajstić information content (AvgIpc) is 2.82. The van der Waals surface area contributed by atoms with E-state index in [2.05, 4.69) is 24.1 Å². The van der Waals surface area contributed by atoms with Crippen LogP contribution in [0.1, 0.15) is 42.9 Å². The summed E-state index contributed by atoms with van der Waals surface area (Å²) in [5.74, 6) is -0.208. The zero-order valence-electron chi connectivity index (χ0n) is 14.1. The average molecular weight is 325 g/mol. The molecule has 2 heterocycles. The van der Waals surface area contributed by atoms with E-state index in [1.807, 2.05) is 24.3 Å². The van der Waals surface area contributed by atoms with Crippen molar-refractivity contribution in [3.8, 4) is 0 Å². The van der Waals surface area contributed by atoms with Crippen molar-refractivity contribution in [3.63, 3.8) is 0 Å². The number of hydrogen-bond donors (Lipinski definition) is 0. The Labute approximate surface area is 143 Å². The maximum absolute atomic E-state index is 13.7. The second kappa shape index (κ2) is 6.66. The lowest BCUT2D eigenvalue weighted by Crippen LogP contribution is -2.43. The monoisotopic (exact) mass is 325 g/mol. The number of nitrogens with zero attached hydrogens (tertiary/aromatic N) is 1. The van der Waals surface area contributed by atoms with Gasteiger partial charge in [-0.1, -0.05) is 42.5 Å². The van der Waals surface area contributed by atoms with Gasteiger partial charge in [-0.15, -0.1) is 0 Å². The summed E-state index contributed by atoms with van der Waals surface area (Å²) in [5, 5.41) is 0. The van der Waals surface area contributed by atoms with Crippen molar-refractivity contribution in [2.24, 2.45) is 0 Å². The molecule has 0 spiro atoms. The van der Waals surface area contributed by atoms with E-state index in [4.69, 9.17) is 4.74 Å². The summed E-state index contributed by atoms with van der Waals surface area (Å²) in [7, 11) is 2.24. The molecule has 24 heavy (non-hydrogen) atoms. The van der Waals surface area contributed by atoms with Crippen molar-refractivity contribution >= 4 is 0 Å². The molecule has 3 heteroatoms. The molecule has 0 aliphatic carbocycles. The number of piperidine rings is 1. The Morgan fingerprint density at radius 1 is 0.958 bits per heavy atom. The fourth-order valence-electron chi connectivity index (χ4n) is 4.31. The van der Waals surface area contributed by atoms with E-state index in [-0.39, 0.29) is 18.0 Å². The van der Waals surface area contributed by atoms with Crippen molar-refractivity contribution in [2.75, 3.05) is 7.05 Å². The predicted molar refractivity (Wildman–Crippen MR) is 93.4 cm³/mol. The predicted octanol–water partition coefficient (Wildman–Crippen LogP) is 4.56. The summed E-state index contributed by atoms with van der Waals surface area (Å²) in [6.45, 7) is 0. The van der Waals surface area contributed by atoms with Crippen LogP contribution in [-0.2, 0) is 4.74 Å². The van der Waals surface area contributed by atoms with E-state index in [1.165, 1.54) is 18.9 Å². The molecule has 2 nitrogen and oxygen atoms in total.